The number of nitrogens with one attached hydrogen (secondary N) is 1. The molecule has 3 fully saturated rings. The van der Waals surface area contributed by atoms with E-state index in [2.05, 4.69) is 21.2 Å². The van der Waals surface area contributed by atoms with E-state index in [0.29, 0.717) is 0 Å². The van der Waals surface area contributed by atoms with Crippen LogP contribution in [-0.4, -0.2) is 54.6 Å². The van der Waals surface area contributed by atoms with Gasteiger partial charge in [-0.2, -0.15) is 5.26 Å². The fourth-order valence-corrected chi connectivity index (χ4v) is 4.41. The number of nitrogens with zero attached hydrogens (tertiary/aromatic N) is 3. The molecule has 0 amide bonds. The molecule has 3 aliphatic rings. The van der Waals surface area contributed by atoms with E-state index in [0.717, 1.165) is 35.8 Å². The van der Waals surface area contributed by atoms with Gasteiger partial charge < -0.3 is 5.32 Å². The molecule has 0 spiro atoms. The summed E-state index contributed by atoms with van der Waals surface area (Å²) in [5.74, 6) is 1.02. The summed E-state index contributed by atoms with van der Waals surface area (Å²) in [4.78, 5) is 5.52. The lowest BCUT2D eigenvalue weighted by atomic mass is 10.1. The fraction of sp³-hybridized carbons (Fsp3) is 0.650. The minimum atomic E-state index is 0.723. The molecular weight excluding hydrogens is 296 g/mol. The molecule has 2 unspecified atom stereocenters. The normalized spacial score (nSPS) is 27.1. The van der Waals surface area contributed by atoms with Crippen molar-refractivity contribution in [2.45, 2.75) is 44.2 Å². The molecule has 1 aromatic rings. The summed E-state index contributed by atoms with van der Waals surface area (Å²) in [7, 11) is 0. The molecule has 2 aliphatic heterocycles. The molecule has 1 aromatic carbocycles. The predicted molar refractivity (Wildman–Crippen MR) is 96.9 cm³/mol. The molecule has 4 rings (SSSR count). The van der Waals surface area contributed by atoms with E-state index in [-0.39, 0.29) is 0 Å². The second-order valence-electron chi connectivity index (χ2n) is 7.75. The number of anilines is 1. The second kappa shape index (κ2) is 7.13. The predicted octanol–water partition coefficient (Wildman–Crippen LogP) is 2.92. The maximum Gasteiger partial charge on any atom is 0.0991 e. The summed E-state index contributed by atoms with van der Waals surface area (Å²) < 4.78 is 0. The third-order valence-electron chi connectivity index (χ3n) is 5.86. The van der Waals surface area contributed by atoms with Crippen LogP contribution < -0.4 is 5.32 Å². The average Bonchev–Trinajstić information content (AvgIpc) is 3.38. The van der Waals surface area contributed by atoms with Crippen molar-refractivity contribution in [1.82, 2.24) is 9.80 Å². The summed E-state index contributed by atoms with van der Waals surface area (Å²) in [5, 5.41) is 12.3. The van der Waals surface area contributed by atoms with Gasteiger partial charge in [0.05, 0.1) is 11.6 Å². The van der Waals surface area contributed by atoms with Crippen LogP contribution in [0.25, 0.3) is 0 Å². The Balaban J connectivity index is 1.20. The number of benzene rings is 1. The van der Waals surface area contributed by atoms with E-state index >= 15 is 0 Å². The summed E-state index contributed by atoms with van der Waals surface area (Å²) in [6.45, 7) is 6.19. The second-order valence-corrected chi connectivity index (χ2v) is 7.75. The lowest BCUT2D eigenvalue weighted by Gasteiger charge is -2.41. The Hall–Kier alpha value is -1.57. The maximum absolute atomic E-state index is 8.83. The van der Waals surface area contributed by atoms with Gasteiger partial charge in [0.25, 0.3) is 0 Å². The van der Waals surface area contributed by atoms with Crippen molar-refractivity contribution >= 4 is 5.69 Å². The smallest absolute Gasteiger partial charge is 0.0991 e. The molecule has 1 saturated carbocycles. The number of fused-ring (bicyclic) bond motifs is 2. The van der Waals surface area contributed by atoms with Gasteiger partial charge in [0.2, 0.25) is 0 Å². The number of nitriles is 1. The largest absolute Gasteiger partial charge is 0.385 e. The molecule has 24 heavy (non-hydrogen) atoms. The van der Waals surface area contributed by atoms with Gasteiger partial charge in [0, 0.05) is 50.5 Å². The van der Waals surface area contributed by atoms with Crippen molar-refractivity contribution in [2.75, 3.05) is 38.0 Å². The van der Waals surface area contributed by atoms with Gasteiger partial charge in [-0.05, 0) is 62.3 Å². The van der Waals surface area contributed by atoms with Gasteiger partial charge >= 0.3 is 0 Å². The minimum Gasteiger partial charge on any atom is -0.385 e. The van der Waals surface area contributed by atoms with Crippen LogP contribution in [-0.2, 0) is 0 Å². The Morgan fingerprint density at radius 1 is 1.04 bits per heavy atom. The minimum absolute atomic E-state index is 0.723. The van der Waals surface area contributed by atoms with Crippen LogP contribution in [0.1, 0.15) is 37.7 Å². The van der Waals surface area contributed by atoms with Gasteiger partial charge in [0.1, 0.15) is 0 Å². The third-order valence-corrected chi connectivity index (χ3v) is 5.86. The third kappa shape index (κ3) is 3.74. The molecule has 2 heterocycles. The average molecular weight is 324 g/mol. The SMILES string of the molecule is N#Cc1ccc(NCCCN2C3CCC2CN(CC2CC2)C3)cc1. The number of hydrogen-bond donors (Lipinski definition) is 1. The van der Waals surface area contributed by atoms with E-state index < -0.39 is 0 Å². The number of likely N-dealkylation sites (tertiary alicyclic amines) is 1. The molecule has 4 heteroatoms. The zero-order chi connectivity index (χ0) is 16.4. The molecular formula is C20H28N4. The van der Waals surface area contributed by atoms with E-state index in [1.165, 1.54) is 58.3 Å². The van der Waals surface area contributed by atoms with E-state index in [9.17, 15) is 0 Å². The van der Waals surface area contributed by atoms with Crippen LogP contribution in [0.5, 0.6) is 0 Å². The Bertz CT molecular complexity index is 573. The van der Waals surface area contributed by atoms with Crippen LogP contribution in [0, 0.1) is 17.2 Å². The van der Waals surface area contributed by atoms with Crippen molar-refractivity contribution in [2.24, 2.45) is 5.92 Å². The number of hydrogen-bond acceptors (Lipinski definition) is 4. The van der Waals surface area contributed by atoms with Crippen LogP contribution >= 0.6 is 0 Å². The highest BCUT2D eigenvalue weighted by atomic mass is 15.3. The molecule has 2 atom stereocenters. The molecule has 0 aromatic heterocycles. The first-order chi connectivity index (χ1) is 11.8. The van der Waals surface area contributed by atoms with Gasteiger partial charge in [-0.3, -0.25) is 9.80 Å². The highest BCUT2D eigenvalue weighted by Crippen LogP contribution is 2.34. The van der Waals surface area contributed by atoms with Crippen molar-refractivity contribution in [3.8, 4) is 6.07 Å². The van der Waals surface area contributed by atoms with Crippen molar-refractivity contribution in [1.29, 1.82) is 5.26 Å². The van der Waals surface area contributed by atoms with Crippen molar-refractivity contribution in [3.05, 3.63) is 29.8 Å². The lowest BCUT2D eigenvalue weighted by Crippen LogP contribution is -2.54. The Kier molecular flexibility index (Phi) is 4.73. The molecule has 4 nitrogen and oxygen atoms in total. The molecule has 0 radical (unpaired) electrons. The van der Waals surface area contributed by atoms with E-state index in [1.54, 1.807) is 0 Å². The Labute approximate surface area is 145 Å². The molecule has 1 N–H and O–H groups in total. The summed E-state index contributed by atoms with van der Waals surface area (Å²) in [6.07, 6.45) is 6.92. The number of rotatable bonds is 7. The number of piperazine rings is 1. The maximum atomic E-state index is 8.83. The lowest BCUT2D eigenvalue weighted by molar-refractivity contribution is 0.0642. The zero-order valence-electron chi connectivity index (χ0n) is 14.5. The standard InChI is InChI=1S/C20H28N4/c21-12-16-4-6-18(7-5-16)22-10-1-11-24-19-8-9-20(24)15-23(14-19)13-17-2-3-17/h4-7,17,19-20,22H,1-3,8-11,13-15H2. The highest BCUT2D eigenvalue weighted by Gasteiger charge is 2.40. The quantitative estimate of drug-likeness (QED) is 0.783. The first kappa shape index (κ1) is 15.9. The summed E-state index contributed by atoms with van der Waals surface area (Å²) >= 11 is 0. The van der Waals surface area contributed by atoms with Crippen LogP contribution in [0.3, 0.4) is 0 Å². The Morgan fingerprint density at radius 3 is 2.38 bits per heavy atom. The summed E-state index contributed by atoms with van der Waals surface area (Å²) in [6, 6.07) is 11.5. The molecule has 128 valence electrons. The topological polar surface area (TPSA) is 42.3 Å². The highest BCUT2D eigenvalue weighted by molar-refractivity contribution is 5.47. The Morgan fingerprint density at radius 2 is 1.75 bits per heavy atom. The first-order valence-corrected chi connectivity index (χ1v) is 9.54. The fourth-order valence-electron chi connectivity index (χ4n) is 4.41. The van der Waals surface area contributed by atoms with Crippen molar-refractivity contribution in [3.63, 3.8) is 0 Å². The van der Waals surface area contributed by atoms with Gasteiger partial charge in [0.15, 0.2) is 0 Å². The zero-order valence-corrected chi connectivity index (χ0v) is 14.5. The first-order valence-electron chi connectivity index (χ1n) is 9.54. The van der Waals surface area contributed by atoms with Crippen molar-refractivity contribution < 1.29 is 0 Å². The summed E-state index contributed by atoms with van der Waals surface area (Å²) in [5.41, 5.74) is 1.84. The van der Waals surface area contributed by atoms with E-state index in [1.807, 2.05) is 24.3 Å². The van der Waals surface area contributed by atoms with E-state index in [4.69, 9.17) is 5.26 Å². The monoisotopic (exact) mass is 324 g/mol. The van der Waals surface area contributed by atoms with Gasteiger partial charge in [-0.15, -0.1) is 0 Å². The molecule has 2 bridgehead atoms. The van der Waals surface area contributed by atoms with Crippen LogP contribution in [0.4, 0.5) is 5.69 Å². The van der Waals surface area contributed by atoms with Crippen LogP contribution in [0.15, 0.2) is 24.3 Å². The molecule has 1 aliphatic carbocycles. The van der Waals surface area contributed by atoms with Gasteiger partial charge in [-0.25, -0.2) is 0 Å². The van der Waals surface area contributed by atoms with Gasteiger partial charge in [-0.1, -0.05) is 0 Å². The molecule has 2 saturated heterocycles. The van der Waals surface area contributed by atoms with Crippen LogP contribution in [0.2, 0.25) is 0 Å².